The predicted molar refractivity (Wildman–Crippen MR) is 84.1 cm³/mol. The van der Waals surface area contributed by atoms with E-state index < -0.39 is 18.6 Å². The lowest BCUT2D eigenvalue weighted by atomic mass is 9.99. The van der Waals surface area contributed by atoms with Crippen molar-refractivity contribution >= 4 is 37.5 Å². The third kappa shape index (κ3) is 4.58. The molecule has 0 spiro atoms. The van der Waals surface area contributed by atoms with Crippen molar-refractivity contribution in [2.24, 2.45) is 0 Å². The van der Waals surface area contributed by atoms with Gasteiger partial charge in [-0.15, -0.1) is 0 Å². The molecule has 2 rings (SSSR count). The van der Waals surface area contributed by atoms with E-state index in [1.54, 1.807) is 12.1 Å². The molecule has 3 nitrogen and oxygen atoms in total. The van der Waals surface area contributed by atoms with Crippen LogP contribution in [-0.4, -0.2) is 37.3 Å². The van der Waals surface area contributed by atoms with Crippen LogP contribution >= 0.6 is 31.9 Å². The SMILES string of the molecule is Nc1c(Br)cc(Br)cc1[C@@H](CC(F)(F)F)N1CCNCC1. The van der Waals surface area contributed by atoms with E-state index in [1.165, 1.54) is 0 Å². The van der Waals surface area contributed by atoms with Crippen LogP contribution in [0.1, 0.15) is 18.0 Å². The summed E-state index contributed by atoms with van der Waals surface area (Å²) in [7, 11) is 0. The predicted octanol–water partition coefficient (Wildman–Crippen LogP) is 3.69. The Kier molecular flexibility index (Phi) is 5.56. The van der Waals surface area contributed by atoms with Crippen LogP contribution in [0, 0.1) is 0 Å². The lowest BCUT2D eigenvalue weighted by Crippen LogP contribution is -2.46. The molecule has 1 heterocycles. The molecule has 1 aliphatic heterocycles. The third-order valence-corrected chi connectivity index (χ3v) is 4.62. The maximum absolute atomic E-state index is 13.0. The second kappa shape index (κ2) is 6.85. The summed E-state index contributed by atoms with van der Waals surface area (Å²) in [5.41, 5.74) is 6.88. The Morgan fingerprint density at radius 2 is 1.86 bits per heavy atom. The first-order valence-electron chi connectivity index (χ1n) is 6.54. The van der Waals surface area contributed by atoms with Gasteiger partial charge in [-0.25, -0.2) is 0 Å². The Morgan fingerprint density at radius 3 is 2.43 bits per heavy atom. The maximum atomic E-state index is 13.0. The van der Waals surface area contributed by atoms with Crippen LogP contribution in [0.4, 0.5) is 18.9 Å². The van der Waals surface area contributed by atoms with Crippen molar-refractivity contribution in [2.75, 3.05) is 31.9 Å². The number of anilines is 1. The summed E-state index contributed by atoms with van der Waals surface area (Å²) in [4.78, 5) is 1.84. The van der Waals surface area contributed by atoms with Crippen molar-refractivity contribution in [1.29, 1.82) is 0 Å². The van der Waals surface area contributed by atoms with Gasteiger partial charge in [-0.2, -0.15) is 13.2 Å². The highest BCUT2D eigenvalue weighted by Crippen LogP contribution is 2.40. The van der Waals surface area contributed by atoms with Crippen molar-refractivity contribution in [2.45, 2.75) is 18.6 Å². The Balaban J connectivity index is 2.38. The summed E-state index contributed by atoms with van der Waals surface area (Å²) in [6, 6.07) is 2.65. The first kappa shape index (κ1) is 17.1. The summed E-state index contributed by atoms with van der Waals surface area (Å²) >= 11 is 6.62. The van der Waals surface area contributed by atoms with Crippen LogP contribution in [0.3, 0.4) is 0 Å². The molecule has 1 aliphatic rings. The Bertz CT molecular complexity index is 502. The minimum atomic E-state index is -4.24. The molecule has 0 saturated carbocycles. The molecule has 0 amide bonds. The standard InChI is InChI=1S/C13H16Br2F3N3/c14-8-5-9(12(19)10(15)6-8)11(7-13(16,17)18)21-3-1-20-2-4-21/h5-6,11,20H,1-4,7,19H2/t11-/m1/s1. The van der Waals surface area contributed by atoms with Crippen LogP contribution in [0.25, 0.3) is 0 Å². The van der Waals surface area contributed by atoms with E-state index in [1.807, 2.05) is 4.90 Å². The van der Waals surface area contributed by atoms with Gasteiger partial charge in [0.25, 0.3) is 0 Å². The average molecular weight is 431 g/mol. The van der Waals surface area contributed by atoms with Gasteiger partial charge < -0.3 is 11.1 Å². The Morgan fingerprint density at radius 1 is 1.24 bits per heavy atom. The first-order valence-corrected chi connectivity index (χ1v) is 8.12. The molecule has 0 bridgehead atoms. The van der Waals surface area contributed by atoms with Crippen molar-refractivity contribution in [3.05, 3.63) is 26.6 Å². The van der Waals surface area contributed by atoms with Gasteiger partial charge in [-0.1, -0.05) is 15.9 Å². The van der Waals surface area contributed by atoms with Crippen LogP contribution < -0.4 is 11.1 Å². The largest absolute Gasteiger partial charge is 0.398 e. The quantitative estimate of drug-likeness (QED) is 0.718. The Hall–Kier alpha value is -0.310. The van der Waals surface area contributed by atoms with Gasteiger partial charge in [0.1, 0.15) is 0 Å². The molecule has 3 N–H and O–H groups in total. The number of nitrogen functional groups attached to an aromatic ring is 1. The molecule has 0 aliphatic carbocycles. The fraction of sp³-hybridized carbons (Fsp3) is 0.538. The molecule has 1 atom stereocenters. The molecule has 0 radical (unpaired) electrons. The zero-order chi connectivity index (χ0) is 15.6. The van der Waals surface area contributed by atoms with Crippen LogP contribution in [0.5, 0.6) is 0 Å². The number of nitrogens with one attached hydrogen (secondary N) is 1. The molecule has 0 unspecified atom stereocenters. The second-order valence-corrected chi connectivity index (χ2v) is 6.78. The Labute approximate surface area is 138 Å². The average Bonchev–Trinajstić information content (AvgIpc) is 2.40. The number of benzene rings is 1. The summed E-state index contributed by atoms with van der Waals surface area (Å²) in [5, 5.41) is 3.15. The number of halogens is 5. The minimum absolute atomic E-state index is 0.367. The van der Waals surface area contributed by atoms with Gasteiger partial charge in [0, 0.05) is 41.2 Å². The van der Waals surface area contributed by atoms with E-state index in [2.05, 4.69) is 37.2 Å². The third-order valence-electron chi connectivity index (χ3n) is 3.50. The number of alkyl halides is 3. The highest BCUT2D eigenvalue weighted by Gasteiger charge is 2.37. The van der Waals surface area contributed by atoms with Crippen molar-refractivity contribution in [3.8, 4) is 0 Å². The van der Waals surface area contributed by atoms with Gasteiger partial charge in [0.05, 0.1) is 12.1 Å². The molecule has 21 heavy (non-hydrogen) atoms. The van der Waals surface area contributed by atoms with E-state index in [-0.39, 0.29) is 0 Å². The molecular formula is C13H16Br2F3N3. The minimum Gasteiger partial charge on any atom is -0.398 e. The summed E-state index contributed by atoms with van der Waals surface area (Å²) in [5.74, 6) is 0. The number of hydrogen-bond donors (Lipinski definition) is 2. The normalized spacial score (nSPS) is 18.7. The van der Waals surface area contributed by atoms with Gasteiger partial charge in [0.2, 0.25) is 0 Å². The molecular weight excluding hydrogens is 415 g/mol. The lowest BCUT2D eigenvalue weighted by Gasteiger charge is -2.36. The fourth-order valence-electron chi connectivity index (χ4n) is 2.53. The molecule has 1 fully saturated rings. The lowest BCUT2D eigenvalue weighted by molar-refractivity contribution is -0.148. The number of nitrogens with two attached hydrogens (primary N) is 1. The van der Waals surface area contributed by atoms with E-state index in [9.17, 15) is 13.2 Å². The maximum Gasteiger partial charge on any atom is 0.390 e. The smallest absolute Gasteiger partial charge is 0.390 e. The number of nitrogens with zero attached hydrogens (tertiary/aromatic N) is 1. The second-order valence-electron chi connectivity index (χ2n) is 5.01. The van der Waals surface area contributed by atoms with Crippen molar-refractivity contribution in [1.82, 2.24) is 10.2 Å². The molecule has 8 heteroatoms. The van der Waals surface area contributed by atoms with Gasteiger partial charge in [0.15, 0.2) is 0 Å². The number of hydrogen-bond acceptors (Lipinski definition) is 3. The van der Waals surface area contributed by atoms with E-state index in [4.69, 9.17) is 5.73 Å². The van der Waals surface area contributed by atoms with E-state index in [0.29, 0.717) is 46.4 Å². The molecule has 0 aromatic heterocycles. The zero-order valence-corrected chi connectivity index (χ0v) is 14.4. The van der Waals surface area contributed by atoms with Gasteiger partial charge in [-0.05, 0) is 33.6 Å². The zero-order valence-electron chi connectivity index (χ0n) is 11.2. The monoisotopic (exact) mass is 429 g/mol. The van der Waals surface area contributed by atoms with Gasteiger partial charge in [-0.3, -0.25) is 4.90 Å². The first-order chi connectivity index (χ1) is 9.78. The molecule has 1 aromatic carbocycles. The van der Waals surface area contributed by atoms with E-state index in [0.717, 1.165) is 0 Å². The molecule has 1 saturated heterocycles. The van der Waals surface area contributed by atoms with E-state index >= 15 is 0 Å². The summed E-state index contributed by atoms with van der Waals surface area (Å²) in [6.07, 6.45) is -5.14. The highest BCUT2D eigenvalue weighted by molar-refractivity contribution is 9.11. The van der Waals surface area contributed by atoms with Crippen LogP contribution in [-0.2, 0) is 0 Å². The van der Waals surface area contributed by atoms with Crippen LogP contribution in [0.15, 0.2) is 21.1 Å². The number of rotatable bonds is 3. The van der Waals surface area contributed by atoms with Crippen LogP contribution in [0.2, 0.25) is 0 Å². The topological polar surface area (TPSA) is 41.3 Å². The fourth-order valence-corrected chi connectivity index (χ4v) is 3.79. The number of piperazine rings is 1. The highest BCUT2D eigenvalue weighted by atomic mass is 79.9. The van der Waals surface area contributed by atoms with Crippen molar-refractivity contribution < 1.29 is 13.2 Å². The molecule has 1 aromatic rings. The summed E-state index contributed by atoms with van der Waals surface area (Å²) < 4.78 is 40.2. The van der Waals surface area contributed by atoms with Gasteiger partial charge >= 0.3 is 6.18 Å². The molecule has 118 valence electrons. The summed E-state index contributed by atoms with van der Waals surface area (Å²) in [6.45, 7) is 2.52. The van der Waals surface area contributed by atoms with Crippen molar-refractivity contribution in [3.63, 3.8) is 0 Å².